The van der Waals surface area contributed by atoms with E-state index in [-0.39, 0.29) is 17.8 Å². The molecule has 0 saturated carbocycles. The molecule has 2 aromatic rings. The Hall–Kier alpha value is -2.30. The zero-order chi connectivity index (χ0) is 17.3. The number of benzene rings is 1. The molecule has 2 heterocycles. The highest BCUT2D eigenvalue weighted by Gasteiger charge is 2.31. The van der Waals surface area contributed by atoms with Gasteiger partial charge in [0.15, 0.2) is 0 Å². The first-order valence-electron chi connectivity index (χ1n) is 8.56. The Labute approximate surface area is 142 Å². The number of amides is 1. The molecule has 1 aliphatic rings. The maximum absolute atomic E-state index is 12.9. The highest BCUT2D eigenvalue weighted by molar-refractivity contribution is 6.01. The minimum atomic E-state index is -0.213. The molecule has 5 nitrogen and oxygen atoms in total. The molecule has 1 N–H and O–H groups in total. The summed E-state index contributed by atoms with van der Waals surface area (Å²) < 4.78 is 5.12. The van der Waals surface area contributed by atoms with E-state index in [4.69, 9.17) is 4.74 Å². The Kier molecular flexibility index (Phi) is 4.60. The number of H-pyrrole nitrogens is 1. The summed E-state index contributed by atoms with van der Waals surface area (Å²) in [5.74, 6) is -0.441. The van der Waals surface area contributed by atoms with Crippen LogP contribution in [0.4, 0.5) is 0 Å². The van der Waals surface area contributed by atoms with Gasteiger partial charge in [0, 0.05) is 24.0 Å². The van der Waals surface area contributed by atoms with Crippen LogP contribution in [0.1, 0.15) is 41.4 Å². The summed E-state index contributed by atoms with van der Waals surface area (Å²) in [4.78, 5) is 29.9. The summed E-state index contributed by atoms with van der Waals surface area (Å²) in [5.41, 5.74) is 3.74. The molecule has 1 atom stereocenters. The minimum Gasteiger partial charge on any atom is -0.466 e. The third-order valence-electron chi connectivity index (χ3n) is 4.76. The summed E-state index contributed by atoms with van der Waals surface area (Å²) in [6.07, 6.45) is 1.61. The van der Waals surface area contributed by atoms with Gasteiger partial charge in [-0.2, -0.15) is 0 Å². The van der Waals surface area contributed by atoms with Gasteiger partial charge in [-0.15, -0.1) is 0 Å². The highest BCUT2D eigenvalue weighted by atomic mass is 16.5. The number of aromatic amines is 1. The van der Waals surface area contributed by atoms with E-state index in [0.29, 0.717) is 25.4 Å². The van der Waals surface area contributed by atoms with Crippen LogP contribution in [-0.2, 0) is 9.53 Å². The van der Waals surface area contributed by atoms with Crippen LogP contribution in [-0.4, -0.2) is 41.5 Å². The minimum absolute atomic E-state index is 0.0321. The van der Waals surface area contributed by atoms with Gasteiger partial charge in [-0.05, 0) is 51.3 Å². The fourth-order valence-corrected chi connectivity index (χ4v) is 3.43. The molecule has 0 radical (unpaired) electrons. The maximum Gasteiger partial charge on any atom is 0.310 e. The van der Waals surface area contributed by atoms with Gasteiger partial charge in [0.05, 0.1) is 12.5 Å². The summed E-state index contributed by atoms with van der Waals surface area (Å²) in [5, 5.41) is 1.08. The van der Waals surface area contributed by atoms with Crippen molar-refractivity contribution in [2.75, 3.05) is 19.7 Å². The van der Waals surface area contributed by atoms with Gasteiger partial charge in [-0.25, -0.2) is 0 Å². The number of carbonyl (C=O) groups excluding carboxylic acids is 2. The van der Waals surface area contributed by atoms with Gasteiger partial charge in [0.1, 0.15) is 5.69 Å². The van der Waals surface area contributed by atoms with Crippen LogP contribution in [0.3, 0.4) is 0 Å². The van der Waals surface area contributed by atoms with Gasteiger partial charge >= 0.3 is 5.97 Å². The van der Waals surface area contributed by atoms with Crippen LogP contribution in [0.2, 0.25) is 0 Å². The van der Waals surface area contributed by atoms with Crippen LogP contribution in [0.15, 0.2) is 18.2 Å². The highest BCUT2D eigenvalue weighted by Crippen LogP contribution is 2.26. The molecule has 0 aliphatic carbocycles. The summed E-state index contributed by atoms with van der Waals surface area (Å²) in [6, 6.07) is 6.13. The number of hydrogen-bond donors (Lipinski definition) is 1. The zero-order valence-electron chi connectivity index (χ0n) is 14.5. The molecule has 3 rings (SSSR count). The van der Waals surface area contributed by atoms with Crippen molar-refractivity contribution in [3.05, 3.63) is 35.0 Å². The smallest absolute Gasteiger partial charge is 0.310 e. The van der Waals surface area contributed by atoms with Crippen LogP contribution >= 0.6 is 0 Å². The molecule has 0 bridgehead atoms. The van der Waals surface area contributed by atoms with E-state index in [1.54, 1.807) is 11.8 Å². The normalized spacial score (nSPS) is 18.0. The molecule has 24 heavy (non-hydrogen) atoms. The van der Waals surface area contributed by atoms with E-state index in [1.807, 2.05) is 26.0 Å². The molecule has 5 heteroatoms. The lowest BCUT2D eigenvalue weighted by atomic mass is 9.97. The molecular formula is C19H24N2O3. The Morgan fingerprint density at radius 3 is 2.88 bits per heavy atom. The van der Waals surface area contributed by atoms with E-state index in [2.05, 4.69) is 11.1 Å². The Morgan fingerprint density at radius 1 is 1.33 bits per heavy atom. The monoisotopic (exact) mass is 328 g/mol. The zero-order valence-corrected chi connectivity index (χ0v) is 14.5. The van der Waals surface area contributed by atoms with Gasteiger partial charge in [0.25, 0.3) is 5.91 Å². The van der Waals surface area contributed by atoms with E-state index in [0.717, 1.165) is 29.3 Å². The second-order valence-electron chi connectivity index (χ2n) is 6.52. The summed E-state index contributed by atoms with van der Waals surface area (Å²) >= 11 is 0. The molecule has 1 aromatic carbocycles. The lowest BCUT2D eigenvalue weighted by molar-refractivity contribution is -0.149. The van der Waals surface area contributed by atoms with Gasteiger partial charge < -0.3 is 14.6 Å². The van der Waals surface area contributed by atoms with Crippen molar-refractivity contribution in [3.63, 3.8) is 0 Å². The summed E-state index contributed by atoms with van der Waals surface area (Å²) in [7, 11) is 0. The summed E-state index contributed by atoms with van der Waals surface area (Å²) in [6.45, 7) is 7.32. The van der Waals surface area contributed by atoms with E-state index in [9.17, 15) is 9.59 Å². The first-order chi connectivity index (χ1) is 11.5. The molecule has 128 valence electrons. The van der Waals surface area contributed by atoms with Gasteiger partial charge in [-0.1, -0.05) is 11.6 Å². The average molecular weight is 328 g/mol. The van der Waals surface area contributed by atoms with Crippen LogP contribution < -0.4 is 0 Å². The maximum atomic E-state index is 12.9. The third kappa shape index (κ3) is 3.03. The molecular weight excluding hydrogens is 304 g/mol. The number of rotatable bonds is 3. The lowest BCUT2D eigenvalue weighted by Gasteiger charge is -2.31. The fraction of sp³-hybridized carbons (Fsp3) is 0.474. The second-order valence-corrected chi connectivity index (χ2v) is 6.52. The van der Waals surface area contributed by atoms with Crippen molar-refractivity contribution >= 4 is 22.8 Å². The van der Waals surface area contributed by atoms with Gasteiger partial charge in [-0.3, -0.25) is 9.59 Å². The van der Waals surface area contributed by atoms with Crippen molar-refractivity contribution < 1.29 is 14.3 Å². The number of nitrogens with zero attached hydrogens (tertiary/aromatic N) is 1. The number of piperidine rings is 1. The van der Waals surface area contributed by atoms with Crippen molar-refractivity contribution in [1.29, 1.82) is 0 Å². The number of aromatic nitrogens is 1. The first-order valence-corrected chi connectivity index (χ1v) is 8.56. The fourth-order valence-electron chi connectivity index (χ4n) is 3.43. The quantitative estimate of drug-likeness (QED) is 0.880. The number of ether oxygens (including phenoxy) is 1. The average Bonchev–Trinajstić information content (AvgIpc) is 2.91. The molecule has 1 saturated heterocycles. The van der Waals surface area contributed by atoms with Gasteiger partial charge in [0.2, 0.25) is 0 Å². The molecule has 0 spiro atoms. The van der Waals surface area contributed by atoms with E-state index in [1.165, 1.54) is 5.56 Å². The SMILES string of the molecule is CCOC(=O)C1CCCN(C(=O)c2[nH]c3ccc(C)cc3c2C)C1. The van der Waals surface area contributed by atoms with Crippen molar-refractivity contribution in [3.8, 4) is 0 Å². The Bertz CT molecular complexity index is 778. The number of hydrogen-bond acceptors (Lipinski definition) is 3. The lowest BCUT2D eigenvalue weighted by Crippen LogP contribution is -2.43. The van der Waals surface area contributed by atoms with Crippen LogP contribution in [0.5, 0.6) is 0 Å². The first kappa shape index (κ1) is 16.6. The largest absolute Gasteiger partial charge is 0.466 e. The van der Waals surface area contributed by atoms with Crippen molar-refractivity contribution in [2.24, 2.45) is 5.92 Å². The van der Waals surface area contributed by atoms with Crippen molar-refractivity contribution in [1.82, 2.24) is 9.88 Å². The standard InChI is InChI=1S/C19H24N2O3/c1-4-24-19(23)14-6-5-9-21(11-14)18(22)17-13(3)15-10-12(2)7-8-16(15)20-17/h7-8,10,14,20H,4-6,9,11H2,1-3H3. The number of likely N-dealkylation sites (tertiary alicyclic amines) is 1. The molecule has 1 aromatic heterocycles. The number of nitrogens with one attached hydrogen (secondary N) is 1. The second kappa shape index (κ2) is 6.67. The number of aryl methyl sites for hydroxylation is 2. The third-order valence-corrected chi connectivity index (χ3v) is 4.76. The molecule has 1 amide bonds. The molecule has 1 unspecified atom stereocenters. The number of fused-ring (bicyclic) bond motifs is 1. The Morgan fingerprint density at radius 2 is 2.12 bits per heavy atom. The van der Waals surface area contributed by atoms with Crippen LogP contribution in [0, 0.1) is 19.8 Å². The predicted octanol–water partition coefficient (Wildman–Crippen LogP) is 3.20. The molecule has 1 fully saturated rings. The van der Waals surface area contributed by atoms with Crippen LogP contribution in [0.25, 0.3) is 10.9 Å². The van der Waals surface area contributed by atoms with E-state index < -0.39 is 0 Å². The Balaban J connectivity index is 1.83. The predicted molar refractivity (Wildman–Crippen MR) is 93.0 cm³/mol. The molecule has 1 aliphatic heterocycles. The van der Waals surface area contributed by atoms with E-state index >= 15 is 0 Å². The number of esters is 1. The number of carbonyl (C=O) groups is 2. The topological polar surface area (TPSA) is 62.4 Å². The van der Waals surface area contributed by atoms with Crippen molar-refractivity contribution in [2.45, 2.75) is 33.6 Å².